The number of pyridine rings is 1. The summed E-state index contributed by atoms with van der Waals surface area (Å²) in [6, 6.07) is 9.41. The van der Waals surface area contributed by atoms with Crippen molar-refractivity contribution >= 4 is 11.7 Å². The van der Waals surface area contributed by atoms with Gasteiger partial charge in [0.1, 0.15) is 23.2 Å². The van der Waals surface area contributed by atoms with Crippen LogP contribution in [0.3, 0.4) is 0 Å². The zero-order valence-corrected chi connectivity index (χ0v) is 13.7. The Bertz CT molecular complexity index is 755. The van der Waals surface area contributed by atoms with E-state index in [1.807, 2.05) is 30.3 Å². The molecule has 0 radical (unpaired) electrons. The molecule has 24 heavy (non-hydrogen) atoms. The van der Waals surface area contributed by atoms with Gasteiger partial charge in [0, 0.05) is 18.7 Å². The molecule has 1 aromatic carbocycles. The third-order valence-corrected chi connectivity index (χ3v) is 3.94. The molecule has 7 nitrogen and oxygen atoms in total. The van der Waals surface area contributed by atoms with E-state index in [4.69, 9.17) is 20.9 Å². The van der Waals surface area contributed by atoms with Gasteiger partial charge in [0.05, 0.1) is 19.8 Å². The summed E-state index contributed by atoms with van der Waals surface area (Å²) >= 11 is 0. The normalized spacial score (nSPS) is 19.0. The van der Waals surface area contributed by atoms with Gasteiger partial charge in [-0.1, -0.05) is 0 Å². The number of hydrogen-bond acceptors (Lipinski definition) is 7. The first kappa shape index (κ1) is 16.1. The number of nitrogens with zero attached hydrogens (tertiary/aromatic N) is 2. The van der Waals surface area contributed by atoms with Crippen LogP contribution in [-0.2, 0) is 6.42 Å². The second-order valence-corrected chi connectivity index (χ2v) is 5.67. The summed E-state index contributed by atoms with van der Waals surface area (Å²) in [5.74, 6) is 1.52. The SMILES string of the molecule is COc1cc(CCC2(N)N=C(N)c3cccnc3N2)cc(OC)c1. The number of ether oxygens (including phenoxy) is 2. The molecule has 126 valence electrons. The summed E-state index contributed by atoms with van der Waals surface area (Å²) in [5, 5.41) is 3.17. The van der Waals surface area contributed by atoms with E-state index >= 15 is 0 Å². The number of amidine groups is 1. The Morgan fingerprint density at radius 3 is 2.54 bits per heavy atom. The fourth-order valence-corrected chi connectivity index (χ4v) is 2.68. The summed E-state index contributed by atoms with van der Waals surface area (Å²) in [5.41, 5.74) is 14.2. The minimum absolute atomic E-state index is 0.391. The molecule has 0 saturated carbocycles. The molecule has 0 amide bonds. The van der Waals surface area contributed by atoms with E-state index in [0.717, 1.165) is 22.6 Å². The smallest absolute Gasteiger partial charge is 0.186 e. The van der Waals surface area contributed by atoms with Gasteiger partial charge in [-0.3, -0.25) is 5.73 Å². The minimum Gasteiger partial charge on any atom is -0.497 e. The molecule has 0 spiro atoms. The molecule has 1 aliphatic rings. The molecule has 1 unspecified atom stereocenters. The fraction of sp³-hybridized carbons (Fsp3) is 0.294. The van der Waals surface area contributed by atoms with Crippen molar-refractivity contribution in [3.05, 3.63) is 47.7 Å². The fourth-order valence-electron chi connectivity index (χ4n) is 2.68. The summed E-state index contributed by atoms with van der Waals surface area (Å²) in [4.78, 5) is 8.70. The molecule has 2 aromatic rings. The Hall–Kier alpha value is -2.80. The van der Waals surface area contributed by atoms with E-state index in [1.165, 1.54) is 0 Å². The molecule has 5 N–H and O–H groups in total. The number of aromatic nitrogens is 1. The monoisotopic (exact) mass is 327 g/mol. The zero-order chi connectivity index (χ0) is 17.2. The lowest BCUT2D eigenvalue weighted by atomic mass is 10.0. The van der Waals surface area contributed by atoms with Crippen molar-refractivity contribution in [1.29, 1.82) is 0 Å². The molecule has 0 bridgehead atoms. The summed E-state index contributed by atoms with van der Waals surface area (Å²) < 4.78 is 10.6. The summed E-state index contributed by atoms with van der Waals surface area (Å²) in [6.45, 7) is 0. The van der Waals surface area contributed by atoms with Gasteiger partial charge in [-0.2, -0.15) is 0 Å². The van der Waals surface area contributed by atoms with Gasteiger partial charge in [0.25, 0.3) is 0 Å². The average molecular weight is 327 g/mol. The largest absolute Gasteiger partial charge is 0.497 e. The van der Waals surface area contributed by atoms with Gasteiger partial charge in [-0.15, -0.1) is 0 Å². The van der Waals surface area contributed by atoms with Crippen molar-refractivity contribution in [3.63, 3.8) is 0 Å². The van der Waals surface area contributed by atoms with Gasteiger partial charge in [-0.25, -0.2) is 9.98 Å². The Kier molecular flexibility index (Phi) is 4.26. The predicted molar refractivity (Wildman–Crippen MR) is 93.4 cm³/mol. The number of fused-ring (bicyclic) bond motifs is 1. The lowest BCUT2D eigenvalue weighted by Gasteiger charge is -2.32. The van der Waals surface area contributed by atoms with Gasteiger partial charge < -0.3 is 20.5 Å². The Labute approximate surface area is 140 Å². The van der Waals surface area contributed by atoms with Gasteiger partial charge in [-0.05, 0) is 36.2 Å². The van der Waals surface area contributed by atoms with E-state index in [-0.39, 0.29) is 0 Å². The van der Waals surface area contributed by atoms with Crippen LogP contribution in [0.5, 0.6) is 11.5 Å². The maximum absolute atomic E-state index is 6.37. The van der Waals surface area contributed by atoms with E-state index in [0.29, 0.717) is 24.5 Å². The van der Waals surface area contributed by atoms with Crippen molar-refractivity contribution in [2.24, 2.45) is 16.5 Å². The lowest BCUT2D eigenvalue weighted by Crippen LogP contribution is -2.50. The third kappa shape index (κ3) is 3.26. The number of aliphatic imine (C=N–C) groups is 1. The average Bonchev–Trinajstić information content (AvgIpc) is 2.59. The maximum Gasteiger partial charge on any atom is 0.186 e. The van der Waals surface area contributed by atoms with Gasteiger partial charge in [0.15, 0.2) is 5.79 Å². The van der Waals surface area contributed by atoms with E-state index in [2.05, 4.69) is 15.3 Å². The van der Waals surface area contributed by atoms with Crippen LogP contribution in [0.15, 0.2) is 41.5 Å². The molecule has 7 heteroatoms. The Morgan fingerprint density at radius 1 is 1.17 bits per heavy atom. The third-order valence-electron chi connectivity index (χ3n) is 3.94. The van der Waals surface area contributed by atoms with Crippen LogP contribution < -0.4 is 26.3 Å². The molecular weight excluding hydrogens is 306 g/mol. The molecule has 1 aromatic heterocycles. The zero-order valence-electron chi connectivity index (χ0n) is 13.7. The first-order valence-electron chi connectivity index (χ1n) is 7.63. The molecule has 0 saturated heterocycles. The molecule has 1 atom stereocenters. The van der Waals surface area contributed by atoms with Crippen molar-refractivity contribution in [2.75, 3.05) is 19.5 Å². The molecule has 1 aliphatic heterocycles. The van der Waals surface area contributed by atoms with Gasteiger partial charge in [0.2, 0.25) is 0 Å². The van der Waals surface area contributed by atoms with E-state index in [9.17, 15) is 0 Å². The minimum atomic E-state index is -0.998. The molecule has 2 heterocycles. The van der Waals surface area contributed by atoms with Crippen LogP contribution in [0.4, 0.5) is 5.82 Å². The number of nitrogens with two attached hydrogens (primary N) is 2. The molecule has 0 fully saturated rings. The number of anilines is 1. The number of benzene rings is 1. The number of nitrogens with one attached hydrogen (secondary N) is 1. The van der Waals surface area contributed by atoms with E-state index < -0.39 is 5.79 Å². The van der Waals surface area contributed by atoms with Crippen molar-refractivity contribution in [1.82, 2.24) is 4.98 Å². The number of hydrogen-bond donors (Lipinski definition) is 3. The van der Waals surface area contributed by atoms with Gasteiger partial charge >= 0.3 is 0 Å². The van der Waals surface area contributed by atoms with Crippen LogP contribution >= 0.6 is 0 Å². The predicted octanol–water partition coefficient (Wildman–Crippen LogP) is 1.47. The maximum atomic E-state index is 6.37. The highest BCUT2D eigenvalue weighted by Crippen LogP contribution is 2.27. The van der Waals surface area contributed by atoms with Crippen LogP contribution in [0.1, 0.15) is 17.5 Å². The quantitative estimate of drug-likeness (QED) is 0.767. The highest BCUT2D eigenvalue weighted by Gasteiger charge is 2.30. The molecule has 3 rings (SSSR count). The summed E-state index contributed by atoms with van der Waals surface area (Å²) in [6.07, 6.45) is 2.91. The number of methoxy groups -OCH3 is 2. The second-order valence-electron chi connectivity index (χ2n) is 5.67. The highest BCUT2D eigenvalue weighted by atomic mass is 16.5. The molecular formula is C17H21N5O2. The van der Waals surface area contributed by atoms with Crippen LogP contribution in [0.2, 0.25) is 0 Å². The Balaban J connectivity index is 1.79. The van der Waals surface area contributed by atoms with Crippen molar-refractivity contribution < 1.29 is 9.47 Å². The van der Waals surface area contributed by atoms with Crippen LogP contribution in [0.25, 0.3) is 0 Å². The topological polar surface area (TPSA) is 108 Å². The molecule has 0 aliphatic carbocycles. The van der Waals surface area contributed by atoms with Crippen LogP contribution in [0, 0.1) is 0 Å². The standard InChI is InChI=1S/C17H21N5O2/c1-23-12-8-11(9-13(10-12)24-2)5-6-17(19)21-15(18)14-4-3-7-20-16(14)22-17/h3-4,7-10H,5-6,19H2,1-2H3,(H2,18,21)(H,20,22). The highest BCUT2D eigenvalue weighted by molar-refractivity contribution is 6.03. The first-order valence-corrected chi connectivity index (χ1v) is 7.63. The van der Waals surface area contributed by atoms with Crippen LogP contribution in [-0.4, -0.2) is 30.8 Å². The Morgan fingerprint density at radius 2 is 1.88 bits per heavy atom. The second kappa shape index (κ2) is 6.37. The van der Waals surface area contributed by atoms with Crippen molar-refractivity contribution in [3.8, 4) is 11.5 Å². The number of aryl methyl sites for hydroxylation is 1. The lowest BCUT2D eigenvalue weighted by molar-refractivity contribution is 0.392. The van der Waals surface area contributed by atoms with Crippen molar-refractivity contribution in [2.45, 2.75) is 18.6 Å². The first-order chi connectivity index (χ1) is 11.5. The van der Waals surface area contributed by atoms with E-state index in [1.54, 1.807) is 20.4 Å². The number of rotatable bonds is 5. The summed E-state index contributed by atoms with van der Waals surface area (Å²) in [7, 11) is 3.25.